The third-order valence-corrected chi connectivity index (χ3v) is 7.45. The predicted molar refractivity (Wildman–Crippen MR) is 147 cm³/mol. The van der Waals surface area contributed by atoms with Gasteiger partial charge in [-0.3, -0.25) is 19.3 Å². The van der Waals surface area contributed by atoms with Gasteiger partial charge in [0.2, 0.25) is 0 Å². The van der Waals surface area contributed by atoms with E-state index in [1.807, 2.05) is 29.2 Å². The van der Waals surface area contributed by atoms with Crippen LogP contribution in [0.5, 0.6) is 11.5 Å². The summed E-state index contributed by atoms with van der Waals surface area (Å²) in [5.74, 6) is -0.154. The Bertz CT molecular complexity index is 1270. The second-order valence-corrected chi connectivity index (χ2v) is 10.2. The molecule has 10 heteroatoms. The van der Waals surface area contributed by atoms with Gasteiger partial charge in [0.1, 0.15) is 12.6 Å². The Hall–Kier alpha value is -3.79. The van der Waals surface area contributed by atoms with Gasteiger partial charge >= 0.3 is 5.97 Å². The van der Waals surface area contributed by atoms with E-state index in [4.69, 9.17) is 14.2 Å². The maximum Gasteiger partial charge on any atom is 0.329 e. The molecule has 3 amide bonds. The van der Waals surface area contributed by atoms with Gasteiger partial charge in [0.25, 0.3) is 17.1 Å². The summed E-state index contributed by atoms with van der Waals surface area (Å²) >= 11 is 0.769. The van der Waals surface area contributed by atoms with Crippen molar-refractivity contribution in [3.05, 3.63) is 64.1 Å². The fourth-order valence-corrected chi connectivity index (χ4v) is 5.32. The number of esters is 1. The summed E-state index contributed by atoms with van der Waals surface area (Å²) < 4.78 is 16.4. The van der Waals surface area contributed by atoms with Gasteiger partial charge in [-0.1, -0.05) is 18.2 Å². The van der Waals surface area contributed by atoms with Gasteiger partial charge in [-0.2, -0.15) is 0 Å². The van der Waals surface area contributed by atoms with Crippen LogP contribution in [0, 0.1) is 0 Å². The van der Waals surface area contributed by atoms with Crippen LogP contribution in [-0.4, -0.2) is 65.7 Å². The van der Waals surface area contributed by atoms with Crippen LogP contribution < -0.4 is 9.47 Å². The molecule has 0 N–H and O–H groups in total. The van der Waals surface area contributed by atoms with Crippen molar-refractivity contribution in [3.63, 3.8) is 0 Å². The number of ether oxygens (including phenoxy) is 3. The normalized spacial score (nSPS) is 17.4. The Morgan fingerprint density at radius 2 is 1.74 bits per heavy atom. The average Bonchev–Trinajstić information content (AvgIpc) is 3.24. The Kier molecular flexibility index (Phi) is 9.29. The number of thioether (sulfide) groups is 1. The minimum atomic E-state index is -1.01. The van der Waals surface area contributed by atoms with Gasteiger partial charge in [-0.25, -0.2) is 4.79 Å². The zero-order valence-corrected chi connectivity index (χ0v) is 23.1. The van der Waals surface area contributed by atoms with Crippen LogP contribution in [0.2, 0.25) is 0 Å². The second kappa shape index (κ2) is 12.8. The van der Waals surface area contributed by atoms with Crippen molar-refractivity contribution in [3.8, 4) is 11.5 Å². The number of hydrogen-bond donors (Lipinski definition) is 0. The number of piperidine rings is 1. The van der Waals surface area contributed by atoms with Crippen LogP contribution in [0.4, 0.5) is 4.79 Å². The zero-order valence-electron chi connectivity index (χ0n) is 22.3. The standard InChI is InChI=1S/C29H32N2O7S/c1-4-37-28(34)19(2)31-27(33)25(39-29(31)35)17-21-10-13-23(24(16-21)36-3)38-18-20-8-11-22(12-9-20)26(32)30-14-6-5-7-15-30/h8-13,16-17,19H,4-7,14-15,18H2,1-3H3/b25-17+/t19-/m0/s1. The summed E-state index contributed by atoms with van der Waals surface area (Å²) in [5, 5.41) is -0.526. The summed E-state index contributed by atoms with van der Waals surface area (Å²) in [5.41, 5.74) is 2.21. The number of rotatable bonds is 9. The van der Waals surface area contributed by atoms with E-state index in [2.05, 4.69) is 0 Å². The molecule has 0 saturated carbocycles. The van der Waals surface area contributed by atoms with E-state index in [-0.39, 0.29) is 24.0 Å². The minimum Gasteiger partial charge on any atom is -0.493 e. The van der Waals surface area contributed by atoms with Crippen LogP contribution in [-0.2, 0) is 20.9 Å². The highest BCUT2D eigenvalue weighted by Gasteiger charge is 2.41. The monoisotopic (exact) mass is 552 g/mol. The number of carbonyl (C=O) groups excluding carboxylic acids is 4. The van der Waals surface area contributed by atoms with E-state index < -0.39 is 23.2 Å². The second-order valence-electron chi connectivity index (χ2n) is 9.23. The molecule has 0 bridgehead atoms. The van der Waals surface area contributed by atoms with Gasteiger partial charge in [0.15, 0.2) is 11.5 Å². The molecule has 2 aliphatic heterocycles. The van der Waals surface area contributed by atoms with Crippen LogP contribution in [0.15, 0.2) is 47.4 Å². The van der Waals surface area contributed by atoms with Crippen molar-refractivity contribution in [2.45, 2.75) is 45.8 Å². The molecule has 4 rings (SSSR count). The lowest BCUT2D eigenvalue weighted by Crippen LogP contribution is -2.42. The average molecular weight is 553 g/mol. The number of amides is 3. The third-order valence-electron chi connectivity index (χ3n) is 6.56. The summed E-state index contributed by atoms with van der Waals surface area (Å²) in [7, 11) is 1.52. The number of hydrogen-bond acceptors (Lipinski definition) is 8. The Morgan fingerprint density at radius 1 is 1.03 bits per heavy atom. The van der Waals surface area contributed by atoms with Gasteiger partial charge in [-0.15, -0.1) is 0 Å². The van der Waals surface area contributed by atoms with Crippen LogP contribution in [0.25, 0.3) is 6.08 Å². The van der Waals surface area contributed by atoms with Crippen LogP contribution in [0.1, 0.15) is 54.6 Å². The number of benzene rings is 2. The highest BCUT2D eigenvalue weighted by atomic mass is 32.2. The molecule has 0 unspecified atom stereocenters. The Labute approximate surface area is 232 Å². The number of likely N-dealkylation sites (tertiary alicyclic amines) is 1. The summed E-state index contributed by atoms with van der Waals surface area (Å²) in [6.45, 7) is 5.18. The molecule has 0 aromatic heterocycles. The van der Waals surface area contributed by atoms with E-state index in [1.165, 1.54) is 20.5 Å². The van der Waals surface area contributed by atoms with Gasteiger partial charge < -0.3 is 19.1 Å². The highest BCUT2D eigenvalue weighted by Crippen LogP contribution is 2.36. The van der Waals surface area contributed by atoms with E-state index in [1.54, 1.807) is 31.2 Å². The Morgan fingerprint density at radius 3 is 2.41 bits per heavy atom. The number of imide groups is 1. The lowest BCUT2D eigenvalue weighted by Gasteiger charge is -2.26. The molecule has 1 atom stereocenters. The van der Waals surface area contributed by atoms with Gasteiger partial charge in [0, 0.05) is 18.7 Å². The molecule has 2 aromatic rings. The first kappa shape index (κ1) is 28.2. The molecule has 0 radical (unpaired) electrons. The maximum atomic E-state index is 12.8. The van der Waals surface area contributed by atoms with Crippen molar-refractivity contribution >= 4 is 40.9 Å². The fraction of sp³-hybridized carbons (Fsp3) is 0.379. The zero-order chi connectivity index (χ0) is 27.9. The fourth-order valence-electron chi connectivity index (χ4n) is 4.41. The van der Waals surface area contributed by atoms with Crippen molar-refractivity contribution in [2.24, 2.45) is 0 Å². The molecule has 206 valence electrons. The first-order valence-electron chi connectivity index (χ1n) is 12.9. The van der Waals surface area contributed by atoms with Crippen LogP contribution >= 0.6 is 11.8 Å². The lowest BCUT2D eigenvalue weighted by molar-refractivity contribution is -0.150. The summed E-state index contributed by atoms with van der Waals surface area (Å²) in [6, 6.07) is 11.6. The largest absolute Gasteiger partial charge is 0.493 e. The molecule has 0 spiro atoms. The molecule has 39 heavy (non-hydrogen) atoms. The number of nitrogens with zero attached hydrogens (tertiary/aromatic N) is 2. The third kappa shape index (κ3) is 6.62. The van der Waals surface area contributed by atoms with Crippen molar-refractivity contribution < 1.29 is 33.4 Å². The molecule has 2 saturated heterocycles. The van der Waals surface area contributed by atoms with E-state index >= 15 is 0 Å². The van der Waals surface area contributed by atoms with Gasteiger partial charge in [-0.05, 0) is 86.3 Å². The van der Waals surface area contributed by atoms with Crippen molar-refractivity contribution in [1.29, 1.82) is 0 Å². The molecule has 9 nitrogen and oxygen atoms in total. The van der Waals surface area contributed by atoms with E-state index in [0.717, 1.165) is 48.2 Å². The van der Waals surface area contributed by atoms with Gasteiger partial charge in [0.05, 0.1) is 18.6 Å². The number of carbonyl (C=O) groups is 4. The lowest BCUT2D eigenvalue weighted by atomic mass is 10.1. The van der Waals surface area contributed by atoms with Crippen molar-refractivity contribution in [1.82, 2.24) is 9.80 Å². The molecular weight excluding hydrogens is 520 g/mol. The van der Waals surface area contributed by atoms with Crippen molar-refractivity contribution in [2.75, 3.05) is 26.8 Å². The highest BCUT2D eigenvalue weighted by molar-refractivity contribution is 8.18. The molecule has 2 aromatic carbocycles. The summed E-state index contributed by atoms with van der Waals surface area (Å²) in [4.78, 5) is 53.0. The molecular formula is C29H32N2O7S. The molecule has 2 fully saturated rings. The van der Waals surface area contributed by atoms with Crippen LogP contribution in [0.3, 0.4) is 0 Å². The van der Waals surface area contributed by atoms with E-state index in [0.29, 0.717) is 22.6 Å². The molecule has 2 heterocycles. The molecule has 2 aliphatic rings. The topological polar surface area (TPSA) is 102 Å². The minimum absolute atomic E-state index is 0.0626. The van der Waals surface area contributed by atoms with E-state index in [9.17, 15) is 19.2 Å². The smallest absolute Gasteiger partial charge is 0.329 e. The SMILES string of the molecule is CCOC(=O)[C@H](C)N1C(=O)S/C(=C/c2ccc(OCc3ccc(C(=O)N4CCCCC4)cc3)c(OC)c2)C1=O. The quantitative estimate of drug-likeness (QED) is 0.320. The Balaban J connectivity index is 1.40. The molecule has 0 aliphatic carbocycles. The number of methoxy groups -OCH3 is 1. The first-order valence-corrected chi connectivity index (χ1v) is 13.8. The summed E-state index contributed by atoms with van der Waals surface area (Å²) in [6.07, 6.45) is 4.85. The maximum absolute atomic E-state index is 12.8. The predicted octanol–water partition coefficient (Wildman–Crippen LogP) is 4.89. The first-order chi connectivity index (χ1) is 18.8.